The highest BCUT2D eigenvalue weighted by molar-refractivity contribution is 5.94. The van der Waals surface area contributed by atoms with Crippen molar-refractivity contribution < 1.29 is 4.79 Å². The molecule has 3 aromatic carbocycles. The number of benzene rings is 3. The van der Waals surface area contributed by atoms with E-state index in [-0.39, 0.29) is 24.0 Å². The van der Waals surface area contributed by atoms with Crippen LogP contribution in [0.4, 0.5) is 0 Å². The van der Waals surface area contributed by atoms with Gasteiger partial charge in [-0.3, -0.25) is 14.6 Å². The van der Waals surface area contributed by atoms with Crippen molar-refractivity contribution >= 4 is 5.91 Å². The normalized spacial score (nSPS) is 20.8. The lowest BCUT2D eigenvalue weighted by molar-refractivity contribution is 0.00744. The van der Waals surface area contributed by atoms with Crippen LogP contribution in [0.2, 0.25) is 0 Å². The maximum absolute atomic E-state index is 12.8. The van der Waals surface area contributed by atoms with Crippen molar-refractivity contribution in [2.75, 3.05) is 26.2 Å². The van der Waals surface area contributed by atoms with E-state index in [0.29, 0.717) is 18.2 Å². The van der Waals surface area contributed by atoms with Crippen LogP contribution < -0.4 is 11.1 Å². The maximum Gasteiger partial charge on any atom is 0.251 e. The van der Waals surface area contributed by atoms with Crippen molar-refractivity contribution in [2.45, 2.75) is 38.5 Å². The Bertz CT molecular complexity index is 1000. The monoisotopic (exact) mass is 470 g/mol. The smallest absolute Gasteiger partial charge is 0.251 e. The van der Waals surface area contributed by atoms with E-state index < -0.39 is 0 Å². The van der Waals surface area contributed by atoms with Crippen LogP contribution >= 0.6 is 0 Å². The SMILES string of the molecule is CCN(CC)C1CN(C(c2ccccc2)c2ccccc2)C(N)CC1CNC(=O)c1ccccc1. The van der Waals surface area contributed by atoms with Gasteiger partial charge in [-0.1, -0.05) is 92.7 Å². The molecule has 3 N–H and O–H groups in total. The number of rotatable bonds is 9. The van der Waals surface area contributed by atoms with Crippen LogP contribution in [0.15, 0.2) is 91.0 Å². The molecule has 1 aliphatic heterocycles. The van der Waals surface area contributed by atoms with Gasteiger partial charge >= 0.3 is 0 Å². The van der Waals surface area contributed by atoms with Gasteiger partial charge in [-0.15, -0.1) is 0 Å². The molecule has 35 heavy (non-hydrogen) atoms. The highest BCUT2D eigenvalue weighted by Gasteiger charge is 2.40. The lowest BCUT2D eigenvalue weighted by Gasteiger charge is -2.49. The van der Waals surface area contributed by atoms with Gasteiger partial charge in [0.25, 0.3) is 5.91 Å². The summed E-state index contributed by atoms with van der Waals surface area (Å²) in [7, 11) is 0. The third-order valence-electron chi connectivity index (χ3n) is 7.32. The summed E-state index contributed by atoms with van der Waals surface area (Å²) in [5, 5.41) is 3.19. The van der Waals surface area contributed by atoms with E-state index in [0.717, 1.165) is 26.1 Å². The molecule has 0 aromatic heterocycles. The Labute approximate surface area is 209 Å². The molecule has 1 amide bonds. The maximum atomic E-state index is 12.8. The molecule has 5 heteroatoms. The Morgan fingerprint density at radius 1 is 0.914 bits per heavy atom. The summed E-state index contributed by atoms with van der Waals surface area (Å²) in [4.78, 5) is 17.7. The van der Waals surface area contributed by atoms with Crippen molar-refractivity contribution in [3.63, 3.8) is 0 Å². The fourth-order valence-electron chi connectivity index (χ4n) is 5.49. The van der Waals surface area contributed by atoms with Crippen LogP contribution in [0.25, 0.3) is 0 Å². The van der Waals surface area contributed by atoms with Crippen LogP contribution in [0.3, 0.4) is 0 Å². The number of piperidine rings is 1. The number of hydrogen-bond acceptors (Lipinski definition) is 4. The summed E-state index contributed by atoms with van der Waals surface area (Å²) in [6.45, 7) is 7.84. The first kappa shape index (κ1) is 25.1. The Balaban J connectivity index is 1.59. The molecule has 3 unspecified atom stereocenters. The summed E-state index contributed by atoms with van der Waals surface area (Å²) in [5.74, 6) is 0.257. The zero-order valence-electron chi connectivity index (χ0n) is 20.9. The molecule has 3 atom stereocenters. The number of nitrogens with one attached hydrogen (secondary N) is 1. The average molecular weight is 471 g/mol. The lowest BCUT2D eigenvalue weighted by Crippen LogP contribution is -2.61. The van der Waals surface area contributed by atoms with Crippen LogP contribution in [-0.4, -0.2) is 54.1 Å². The van der Waals surface area contributed by atoms with E-state index in [4.69, 9.17) is 5.73 Å². The lowest BCUT2D eigenvalue weighted by atomic mass is 9.85. The van der Waals surface area contributed by atoms with Gasteiger partial charge in [0.15, 0.2) is 0 Å². The molecule has 0 spiro atoms. The average Bonchev–Trinajstić information content (AvgIpc) is 2.91. The van der Waals surface area contributed by atoms with Crippen LogP contribution in [0, 0.1) is 5.92 Å². The van der Waals surface area contributed by atoms with Crippen molar-refractivity contribution in [2.24, 2.45) is 11.7 Å². The quantitative estimate of drug-likeness (QED) is 0.483. The van der Waals surface area contributed by atoms with E-state index in [1.165, 1.54) is 11.1 Å². The minimum absolute atomic E-state index is 0.0219. The molecule has 4 rings (SSSR count). The van der Waals surface area contributed by atoms with E-state index in [9.17, 15) is 4.79 Å². The second kappa shape index (κ2) is 12.1. The van der Waals surface area contributed by atoms with Crippen LogP contribution in [0.1, 0.15) is 47.8 Å². The zero-order chi connectivity index (χ0) is 24.6. The summed E-state index contributed by atoms with van der Waals surface area (Å²) >= 11 is 0. The molecule has 0 radical (unpaired) electrons. The fourth-order valence-corrected chi connectivity index (χ4v) is 5.49. The predicted molar refractivity (Wildman–Crippen MR) is 143 cm³/mol. The number of likely N-dealkylation sites (tertiary alicyclic amines) is 1. The number of likely N-dealkylation sites (N-methyl/N-ethyl adjacent to an activating group) is 1. The van der Waals surface area contributed by atoms with Gasteiger partial charge in [0.1, 0.15) is 0 Å². The second-order valence-corrected chi connectivity index (χ2v) is 9.35. The van der Waals surface area contributed by atoms with Gasteiger partial charge in [0.2, 0.25) is 0 Å². The minimum atomic E-state index is -0.106. The van der Waals surface area contributed by atoms with E-state index >= 15 is 0 Å². The Morgan fingerprint density at radius 3 is 1.94 bits per heavy atom. The molecule has 5 nitrogen and oxygen atoms in total. The number of nitrogens with zero attached hydrogens (tertiary/aromatic N) is 2. The zero-order valence-corrected chi connectivity index (χ0v) is 20.9. The van der Waals surface area contributed by atoms with E-state index in [1.807, 2.05) is 30.3 Å². The van der Waals surface area contributed by atoms with Gasteiger partial charge < -0.3 is 11.1 Å². The van der Waals surface area contributed by atoms with Gasteiger partial charge in [-0.2, -0.15) is 0 Å². The van der Waals surface area contributed by atoms with E-state index in [1.54, 1.807) is 0 Å². The molecule has 1 saturated heterocycles. The first-order chi connectivity index (χ1) is 17.1. The highest BCUT2D eigenvalue weighted by atomic mass is 16.1. The second-order valence-electron chi connectivity index (χ2n) is 9.35. The molecule has 1 aliphatic rings. The number of amides is 1. The summed E-state index contributed by atoms with van der Waals surface area (Å²) in [6, 6.07) is 31.1. The third-order valence-corrected chi connectivity index (χ3v) is 7.32. The summed E-state index contributed by atoms with van der Waals surface area (Å²) in [5.41, 5.74) is 10.1. The summed E-state index contributed by atoms with van der Waals surface area (Å²) < 4.78 is 0. The largest absolute Gasteiger partial charge is 0.352 e. The number of carbonyl (C=O) groups is 1. The van der Waals surface area contributed by atoms with Crippen LogP contribution in [0.5, 0.6) is 0 Å². The number of nitrogens with two attached hydrogens (primary N) is 1. The Morgan fingerprint density at radius 2 is 1.43 bits per heavy atom. The van der Waals surface area contributed by atoms with Gasteiger partial charge in [-0.05, 0) is 48.7 Å². The van der Waals surface area contributed by atoms with Crippen molar-refractivity contribution in [1.82, 2.24) is 15.1 Å². The minimum Gasteiger partial charge on any atom is -0.352 e. The fraction of sp³-hybridized carbons (Fsp3) is 0.367. The first-order valence-corrected chi connectivity index (χ1v) is 12.8. The van der Waals surface area contributed by atoms with Gasteiger partial charge in [0.05, 0.1) is 12.2 Å². The molecular formula is C30H38N4O. The molecule has 0 bridgehead atoms. The topological polar surface area (TPSA) is 61.6 Å². The molecule has 184 valence electrons. The number of carbonyl (C=O) groups excluding carboxylic acids is 1. The first-order valence-electron chi connectivity index (χ1n) is 12.8. The van der Waals surface area contributed by atoms with Crippen LogP contribution in [-0.2, 0) is 0 Å². The van der Waals surface area contributed by atoms with Crippen molar-refractivity contribution in [3.8, 4) is 0 Å². The number of hydrogen-bond donors (Lipinski definition) is 2. The molecular weight excluding hydrogens is 432 g/mol. The van der Waals surface area contributed by atoms with E-state index in [2.05, 4.69) is 89.6 Å². The van der Waals surface area contributed by atoms with Crippen molar-refractivity contribution in [1.29, 1.82) is 0 Å². The molecule has 0 saturated carbocycles. The van der Waals surface area contributed by atoms with Gasteiger partial charge in [0, 0.05) is 24.7 Å². The molecule has 3 aromatic rings. The van der Waals surface area contributed by atoms with Crippen molar-refractivity contribution in [3.05, 3.63) is 108 Å². The molecule has 0 aliphatic carbocycles. The highest BCUT2D eigenvalue weighted by Crippen LogP contribution is 2.35. The predicted octanol–water partition coefficient (Wildman–Crippen LogP) is 4.52. The third kappa shape index (κ3) is 5.99. The summed E-state index contributed by atoms with van der Waals surface area (Å²) in [6.07, 6.45) is 0.720. The molecule has 1 fully saturated rings. The Kier molecular flexibility index (Phi) is 8.69. The molecule has 1 heterocycles. The standard InChI is InChI=1S/C30H38N4O/c1-3-33(4-2)27-22-34(29(23-14-8-5-9-15-23)24-16-10-6-11-17-24)28(31)20-26(27)21-32-30(35)25-18-12-7-13-19-25/h5-19,26-29H,3-4,20-22,31H2,1-2H3,(H,32,35). The van der Waals surface area contributed by atoms with Gasteiger partial charge in [-0.25, -0.2) is 0 Å². The Hall–Kier alpha value is -2.99.